The van der Waals surface area contributed by atoms with Gasteiger partial charge >= 0.3 is 0 Å². The Balaban J connectivity index is 2.31. The molecule has 0 heterocycles. The Morgan fingerprint density at radius 1 is 1.04 bits per heavy atom. The highest BCUT2D eigenvalue weighted by Gasteiger charge is 2.26. The quantitative estimate of drug-likeness (QED) is 0.497. The average Bonchev–Trinajstić information content (AvgIpc) is 2.62. The molecule has 0 bridgehead atoms. The fourth-order valence-corrected chi connectivity index (χ4v) is 3.66. The summed E-state index contributed by atoms with van der Waals surface area (Å²) in [7, 11) is -4.00. The van der Waals surface area contributed by atoms with E-state index in [-0.39, 0.29) is 17.3 Å². The van der Waals surface area contributed by atoms with Crippen LogP contribution in [0.3, 0.4) is 0 Å². The zero-order valence-corrected chi connectivity index (χ0v) is 14.9. The zero-order chi connectivity index (χ0) is 19.2. The number of hydroxylamine groups is 1. The predicted octanol–water partition coefficient (Wildman–Crippen LogP) is 1.34. The van der Waals surface area contributed by atoms with Gasteiger partial charge in [-0.3, -0.25) is 14.8 Å². The fraction of sp³-hybridized carbons (Fsp3) is 0.176. The van der Waals surface area contributed by atoms with Crippen molar-refractivity contribution in [3.63, 3.8) is 0 Å². The lowest BCUT2D eigenvalue weighted by molar-refractivity contribution is -0.129. The standard InChI is InChI=1S/C17H19N3O5S/c1-13(21)18-15-7-9-16(10-8-15)26(24,25)20(12-17(22)19-23)11-14-5-3-2-4-6-14/h2-10,23H,11-12H2,1H3,(H,18,21)(H,19,22). The predicted molar refractivity (Wildman–Crippen MR) is 94.7 cm³/mol. The molecule has 0 aliphatic heterocycles. The second kappa shape index (κ2) is 8.56. The van der Waals surface area contributed by atoms with Crippen LogP contribution in [0.1, 0.15) is 12.5 Å². The van der Waals surface area contributed by atoms with Crippen molar-refractivity contribution in [2.24, 2.45) is 0 Å². The number of rotatable bonds is 7. The van der Waals surface area contributed by atoms with Crippen LogP contribution in [0, 0.1) is 0 Å². The molecule has 0 aliphatic carbocycles. The van der Waals surface area contributed by atoms with Gasteiger partial charge in [-0.25, -0.2) is 13.9 Å². The Morgan fingerprint density at radius 3 is 2.19 bits per heavy atom. The van der Waals surface area contributed by atoms with Gasteiger partial charge in [0.05, 0.1) is 11.4 Å². The molecule has 0 saturated heterocycles. The monoisotopic (exact) mass is 377 g/mol. The van der Waals surface area contributed by atoms with Crippen LogP contribution in [0.5, 0.6) is 0 Å². The van der Waals surface area contributed by atoms with Gasteiger partial charge in [0.1, 0.15) is 0 Å². The molecule has 0 unspecified atom stereocenters. The Hall–Kier alpha value is -2.75. The van der Waals surface area contributed by atoms with E-state index in [1.165, 1.54) is 36.7 Å². The number of hydrogen-bond donors (Lipinski definition) is 3. The molecular weight excluding hydrogens is 358 g/mol. The van der Waals surface area contributed by atoms with Crippen LogP contribution >= 0.6 is 0 Å². The van der Waals surface area contributed by atoms with E-state index in [9.17, 15) is 18.0 Å². The van der Waals surface area contributed by atoms with E-state index in [1.807, 2.05) is 0 Å². The van der Waals surface area contributed by atoms with Gasteiger partial charge in [-0.2, -0.15) is 4.31 Å². The van der Waals surface area contributed by atoms with E-state index >= 15 is 0 Å². The molecule has 9 heteroatoms. The minimum Gasteiger partial charge on any atom is -0.326 e. The molecule has 0 atom stereocenters. The molecule has 138 valence electrons. The minimum atomic E-state index is -4.00. The fourth-order valence-electron chi connectivity index (χ4n) is 2.27. The van der Waals surface area contributed by atoms with E-state index in [0.29, 0.717) is 11.3 Å². The van der Waals surface area contributed by atoms with Crippen LogP contribution in [0.25, 0.3) is 0 Å². The molecule has 0 aromatic heterocycles. The van der Waals surface area contributed by atoms with Gasteiger partial charge in [0.15, 0.2) is 0 Å². The largest absolute Gasteiger partial charge is 0.326 e. The molecule has 3 N–H and O–H groups in total. The highest BCUT2D eigenvalue weighted by Crippen LogP contribution is 2.20. The van der Waals surface area contributed by atoms with Crippen LogP contribution in [0.4, 0.5) is 5.69 Å². The maximum absolute atomic E-state index is 12.9. The summed E-state index contributed by atoms with van der Waals surface area (Å²) < 4.78 is 26.8. The molecule has 0 spiro atoms. The lowest BCUT2D eigenvalue weighted by Gasteiger charge is -2.21. The molecular formula is C17H19N3O5S. The van der Waals surface area contributed by atoms with Crippen LogP contribution < -0.4 is 10.8 Å². The van der Waals surface area contributed by atoms with Crippen molar-refractivity contribution in [3.05, 3.63) is 60.2 Å². The molecule has 0 aliphatic rings. The summed E-state index contributed by atoms with van der Waals surface area (Å²) >= 11 is 0. The summed E-state index contributed by atoms with van der Waals surface area (Å²) in [5.74, 6) is -1.12. The first-order valence-corrected chi connectivity index (χ1v) is 9.11. The van der Waals surface area contributed by atoms with Gasteiger partial charge in [0.2, 0.25) is 15.9 Å². The molecule has 2 aromatic rings. The lowest BCUT2D eigenvalue weighted by Crippen LogP contribution is -2.39. The first-order chi connectivity index (χ1) is 12.3. The van der Waals surface area contributed by atoms with Crippen LogP contribution in [0.15, 0.2) is 59.5 Å². The van der Waals surface area contributed by atoms with Gasteiger partial charge in [0.25, 0.3) is 5.91 Å². The third kappa shape index (κ3) is 5.12. The SMILES string of the molecule is CC(=O)Nc1ccc(S(=O)(=O)N(CC(=O)NO)Cc2ccccc2)cc1. The van der Waals surface area contributed by atoms with Crippen LogP contribution in [-0.4, -0.2) is 36.3 Å². The number of benzene rings is 2. The molecule has 8 nitrogen and oxygen atoms in total. The molecule has 2 aromatic carbocycles. The van der Waals surface area contributed by atoms with Crippen molar-refractivity contribution in [1.29, 1.82) is 0 Å². The molecule has 2 rings (SSSR count). The Bertz CT molecular complexity index is 867. The van der Waals surface area contributed by atoms with E-state index < -0.39 is 22.5 Å². The Labute approximate surface area is 151 Å². The van der Waals surface area contributed by atoms with Gasteiger partial charge in [-0.15, -0.1) is 0 Å². The topological polar surface area (TPSA) is 116 Å². The minimum absolute atomic E-state index is 0.0340. The van der Waals surface area contributed by atoms with Gasteiger partial charge in [-0.1, -0.05) is 30.3 Å². The van der Waals surface area contributed by atoms with Gasteiger partial charge < -0.3 is 5.32 Å². The molecule has 0 saturated carbocycles. The van der Waals surface area contributed by atoms with Crippen molar-refractivity contribution in [3.8, 4) is 0 Å². The number of nitrogens with one attached hydrogen (secondary N) is 2. The molecule has 0 fully saturated rings. The molecule has 2 amide bonds. The van der Waals surface area contributed by atoms with Crippen molar-refractivity contribution in [2.45, 2.75) is 18.4 Å². The second-order valence-corrected chi connectivity index (χ2v) is 7.44. The number of nitrogens with zero attached hydrogens (tertiary/aromatic N) is 1. The number of hydrogen-bond acceptors (Lipinski definition) is 5. The Morgan fingerprint density at radius 2 is 1.65 bits per heavy atom. The lowest BCUT2D eigenvalue weighted by atomic mass is 10.2. The first kappa shape index (κ1) is 19.6. The Kier molecular flexibility index (Phi) is 6.45. The first-order valence-electron chi connectivity index (χ1n) is 7.67. The van der Waals surface area contributed by atoms with Crippen LogP contribution in [-0.2, 0) is 26.2 Å². The summed E-state index contributed by atoms with van der Waals surface area (Å²) in [6.07, 6.45) is 0. The number of carbonyl (C=O) groups is 2. The van der Waals surface area contributed by atoms with Crippen molar-refractivity contribution >= 4 is 27.5 Å². The highest BCUT2D eigenvalue weighted by atomic mass is 32.2. The summed E-state index contributed by atoms with van der Waals surface area (Å²) in [5, 5.41) is 11.3. The van der Waals surface area contributed by atoms with Crippen molar-refractivity contribution < 1.29 is 23.2 Å². The number of anilines is 1. The summed E-state index contributed by atoms with van der Waals surface area (Å²) in [5.41, 5.74) is 2.59. The summed E-state index contributed by atoms with van der Waals surface area (Å²) in [6.45, 7) is 0.769. The third-order valence-corrected chi connectivity index (χ3v) is 5.26. The van der Waals surface area contributed by atoms with Gasteiger partial charge in [0, 0.05) is 19.2 Å². The molecule has 26 heavy (non-hydrogen) atoms. The normalized spacial score (nSPS) is 11.2. The van der Waals surface area contributed by atoms with Gasteiger partial charge in [-0.05, 0) is 29.8 Å². The highest BCUT2D eigenvalue weighted by molar-refractivity contribution is 7.89. The second-order valence-electron chi connectivity index (χ2n) is 5.50. The summed E-state index contributed by atoms with van der Waals surface area (Å²) in [4.78, 5) is 22.6. The van der Waals surface area contributed by atoms with Crippen molar-refractivity contribution in [2.75, 3.05) is 11.9 Å². The zero-order valence-electron chi connectivity index (χ0n) is 14.0. The maximum atomic E-state index is 12.9. The van der Waals surface area contributed by atoms with Crippen molar-refractivity contribution in [1.82, 2.24) is 9.79 Å². The van der Waals surface area contributed by atoms with E-state index in [0.717, 1.165) is 4.31 Å². The summed E-state index contributed by atoms with van der Waals surface area (Å²) in [6, 6.07) is 14.4. The van der Waals surface area contributed by atoms with Crippen LogP contribution in [0.2, 0.25) is 0 Å². The van der Waals surface area contributed by atoms with E-state index in [4.69, 9.17) is 5.21 Å². The number of sulfonamides is 1. The maximum Gasteiger partial charge on any atom is 0.258 e. The third-order valence-electron chi connectivity index (χ3n) is 3.46. The number of carbonyl (C=O) groups excluding carboxylic acids is 2. The smallest absolute Gasteiger partial charge is 0.258 e. The average molecular weight is 377 g/mol. The van der Waals surface area contributed by atoms with E-state index in [1.54, 1.807) is 30.3 Å². The molecule has 0 radical (unpaired) electrons. The number of amides is 2. The van der Waals surface area contributed by atoms with E-state index in [2.05, 4.69) is 5.32 Å².